The van der Waals surface area contributed by atoms with Gasteiger partial charge in [-0.2, -0.15) is 0 Å². The van der Waals surface area contributed by atoms with Gasteiger partial charge < -0.3 is 5.73 Å². The third-order valence-electron chi connectivity index (χ3n) is 2.20. The Bertz CT molecular complexity index is 655. The Hall–Kier alpha value is -0.960. The fourth-order valence-corrected chi connectivity index (χ4v) is 3.92. The third kappa shape index (κ3) is 2.89. The summed E-state index contributed by atoms with van der Waals surface area (Å²) in [5, 5.41) is 1.88. The van der Waals surface area contributed by atoms with Crippen molar-refractivity contribution in [3.63, 3.8) is 0 Å². The van der Waals surface area contributed by atoms with Crippen molar-refractivity contribution in [1.29, 1.82) is 0 Å². The van der Waals surface area contributed by atoms with Gasteiger partial charge in [-0.15, -0.1) is 11.3 Å². The second-order valence-electron chi connectivity index (χ2n) is 3.40. The molecule has 0 amide bonds. The lowest BCUT2D eigenvalue weighted by atomic mass is 10.5. The largest absolute Gasteiger partial charge is 0.383 e. The molecular weight excluding hydrogens is 338 g/mol. The summed E-state index contributed by atoms with van der Waals surface area (Å²) >= 11 is 4.81. The molecule has 0 aliphatic rings. The summed E-state index contributed by atoms with van der Waals surface area (Å²) in [6.45, 7) is 0.217. The fourth-order valence-electron chi connectivity index (χ4n) is 1.32. The number of nitrogens with one attached hydrogen (secondary N) is 1. The molecule has 2 aromatic rings. The van der Waals surface area contributed by atoms with Crippen LogP contribution in [0.1, 0.15) is 4.88 Å². The zero-order valence-corrected chi connectivity index (χ0v) is 12.3. The Labute approximate surface area is 117 Å². The zero-order chi connectivity index (χ0) is 13.2. The van der Waals surface area contributed by atoms with E-state index in [2.05, 4.69) is 25.6 Å². The van der Waals surface area contributed by atoms with Gasteiger partial charge in [-0.1, -0.05) is 0 Å². The van der Waals surface area contributed by atoms with Gasteiger partial charge in [-0.3, -0.25) is 0 Å². The number of pyridine rings is 1. The van der Waals surface area contributed by atoms with Crippen molar-refractivity contribution in [3.05, 3.63) is 39.1 Å². The van der Waals surface area contributed by atoms with E-state index in [1.807, 2.05) is 11.4 Å². The van der Waals surface area contributed by atoms with Crippen LogP contribution in [0, 0.1) is 0 Å². The standard InChI is InChI=1S/C10H10BrN3O2S2/c11-7-3-5-17-8(7)6-14-18(15,16)9-2-1-4-13-10(9)12/h1-5,14H,6H2,(H2,12,13). The average Bonchev–Trinajstić information content (AvgIpc) is 2.73. The first-order chi connectivity index (χ1) is 8.50. The molecule has 0 atom stereocenters. The molecule has 2 rings (SSSR count). The molecule has 2 aromatic heterocycles. The highest BCUT2D eigenvalue weighted by molar-refractivity contribution is 9.10. The van der Waals surface area contributed by atoms with Crippen LogP contribution in [0.15, 0.2) is 39.1 Å². The SMILES string of the molecule is Nc1ncccc1S(=O)(=O)NCc1sccc1Br. The predicted molar refractivity (Wildman–Crippen MR) is 74.7 cm³/mol. The number of halogens is 1. The van der Waals surface area contributed by atoms with Gasteiger partial charge in [-0.05, 0) is 39.5 Å². The van der Waals surface area contributed by atoms with Crippen molar-refractivity contribution in [3.8, 4) is 0 Å². The maximum absolute atomic E-state index is 12.0. The molecule has 0 unspecified atom stereocenters. The van der Waals surface area contributed by atoms with Gasteiger partial charge in [0.15, 0.2) is 0 Å². The molecule has 8 heteroatoms. The Kier molecular flexibility index (Phi) is 4.00. The van der Waals surface area contributed by atoms with E-state index in [0.717, 1.165) is 9.35 Å². The highest BCUT2D eigenvalue weighted by Crippen LogP contribution is 2.23. The first-order valence-electron chi connectivity index (χ1n) is 4.93. The molecule has 0 radical (unpaired) electrons. The first-order valence-corrected chi connectivity index (χ1v) is 8.08. The van der Waals surface area contributed by atoms with E-state index in [0.29, 0.717) is 0 Å². The average molecular weight is 348 g/mol. The van der Waals surface area contributed by atoms with E-state index in [1.54, 1.807) is 0 Å². The van der Waals surface area contributed by atoms with E-state index in [4.69, 9.17) is 5.73 Å². The van der Waals surface area contributed by atoms with Gasteiger partial charge in [0, 0.05) is 22.1 Å². The summed E-state index contributed by atoms with van der Waals surface area (Å²) in [5.41, 5.74) is 5.55. The number of anilines is 1. The quantitative estimate of drug-likeness (QED) is 0.885. The number of nitrogens with zero attached hydrogens (tertiary/aromatic N) is 1. The van der Waals surface area contributed by atoms with Gasteiger partial charge in [0.25, 0.3) is 0 Å². The number of aromatic nitrogens is 1. The van der Waals surface area contributed by atoms with E-state index in [-0.39, 0.29) is 17.3 Å². The second kappa shape index (κ2) is 5.35. The lowest BCUT2D eigenvalue weighted by Gasteiger charge is -2.07. The minimum atomic E-state index is -3.64. The molecule has 0 aliphatic carbocycles. The molecule has 0 aliphatic heterocycles. The van der Waals surface area contributed by atoms with Gasteiger partial charge in [-0.25, -0.2) is 18.1 Å². The summed E-state index contributed by atoms with van der Waals surface area (Å²) in [4.78, 5) is 4.66. The number of hydrogen-bond donors (Lipinski definition) is 2. The van der Waals surface area contributed by atoms with Gasteiger partial charge >= 0.3 is 0 Å². The van der Waals surface area contributed by atoms with Crippen LogP contribution in [0.3, 0.4) is 0 Å². The Morgan fingerprint density at radius 2 is 2.22 bits per heavy atom. The number of sulfonamides is 1. The predicted octanol–water partition coefficient (Wildman–Crippen LogP) is 1.97. The molecular formula is C10H10BrN3O2S2. The smallest absolute Gasteiger partial charge is 0.244 e. The van der Waals surface area contributed by atoms with Gasteiger partial charge in [0.05, 0.1) is 0 Å². The van der Waals surface area contributed by atoms with E-state index in [9.17, 15) is 8.42 Å². The van der Waals surface area contributed by atoms with Gasteiger partial charge in [0.2, 0.25) is 10.0 Å². The molecule has 96 valence electrons. The molecule has 2 heterocycles. The van der Waals surface area contributed by atoms with Crippen molar-refractivity contribution < 1.29 is 8.42 Å². The molecule has 0 bridgehead atoms. The van der Waals surface area contributed by atoms with Crippen molar-refractivity contribution >= 4 is 43.1 Å². The third-order valence-corrected chi connectivity index (χ3v) is 5.58. The van der Waals surface area contributed by atoms with E-state index < -0.39 is 10.0 Å². The highest BCUT2D eigenvalue weighted by Gasteiger charge is 2.18. The zero-order valence-electron chi connectivity index (χ0n) is 9.13. The maximum Gasteiger partial charge on any atom is 0.244 e. The van der Waals surface area contributed by atoms with E-state index >= 15 is 0 Å². The van der Waals surface area contributed by atoms with Crippen LogP contribution in [0.25, 0.3) is 0 Å². The van der Waals surface area contributed by atoms with E-state index in [1.165, 1.54) is 29.7 Å². The number of hydrogen-bond acceptors (Lipinski definition) is 5. The summed E-state index contributed by atoms with van der Waals surface area (Å²) in [5.74, 6) is -0.00440. The summed E-state index contributed by atoms with van der Waals surface area (Å²) in [6, 6.07) is 4.83. The molecule has 0 saturated carbocycles. The number of thiophene rings is 1. The Balaban J connectivity index is 2.19. The van der Waals surface area contributed by atoms with Crippen LogP contribution in [-0.4, -0.2) is 13.4 Å². The molecule has 3 N–H and O–H groups in total. The minimum Gasteiger partial charge on any atom is -0.383 e. The van der Waals surface area contributed by atoms with Crippen molar-refractivity contribution in [2.45, 2.75) is 11.4 Å². The summed E-state index contributed by atoms with van der Waals surface area (Å²) in [6.07, 6.45) is 1.45. The highest BCUT2D eigenvalue weighted by atomic mass is 79.9. The minimum absolute atomic E-state index is 0.00215. The van der Waals surface area contributed by atoms with Crippen LogP contribution in [-0.2, 0) is 16.6 Å². The molecule has 0 saturated heterocycles. The number of rotatable bonds is 4. The molecule has 0 aromatic carbocycles. The normalized spacial score (nSPS) is 11.6. The van der Waals surface area contributed by atoms with Crippen LogP contribution >= 0.6 is 27.3 Å². The van der Waals surface area contributed by atoms with Crippen molar-refractivity contribution in [2.24, 2.45) is 0 Å². The topological polar surface area (TPSA) is 85.1 Å². The van der Waals surface area contributed by atoms with Crippen LogP contribution in [0.2, 0.25) is 0 Å². The first kappa shape index (κ1) is 13.5. The monoisotopic (exact) mass is 347 g/mol. The Morgan fingerprint density at radius 1 is 1.44 bits per heavy atom. The van der Waals surface area contributed by atoms with Crippen LogP contribution in [0.5, 0.6) is 0 Å². The molecule has 5 nitrogen and oxygen atoms in total. The van der Waals surface area contributed by atoms with Crippen LogP contribution < -0.4 is 10.5 Å². The molecule has 0 fully saturated rings. The lowest BCUT2D eigenvalue weighted by Crippen LogP contribution is -2.24. The Morgan fingerprint density at radius 3 is 2.83 bits per heavy atom. The molecule has 18 heavy (non-hydrogen) atoms. The van der Waals surface area contributed by atoms with Crippen molar-refractivity contribution in [2.75, 3.05) is 5.73 Å². The summed E-state index contributed by atoms with van der Waals surface area (Å²) in [7, 11) is -3.64. The van der Waals surface area contributed by atoms with Gasteiger partial charge in [0.1, 0.15) is 10.7 Å². The fraction of sp³-hybridized carbons (Fsp3) is 0.100. The molecule has 0 spiro atoms. The number of nitrogen functional groups attached to an aromatic ring is 1. The van der Waals surface area contributed by atoms with Crippen molar-refractivity contribution in [1.82, 2.24) is 9.71 Å². The van der Waals surface area contributed by atoms with Crippen LogP contribution in [0.4, 0.5) is 5.82 Å². The number of nitrogens with two attached hydrogens (primary N) is 1. The maximum atomic E-state index is 12.0. The second-order valence-corrected chi connectivity index (χ2v) is 6.99. The summed E-state index contributed by atoms with van der Waals surface area (Å²) < 4.78 is 27.4. The lowest BCUT2D eigenvalue weighted by molar-refractivity contribution is 0.582.